The van der Waals surface area contributed by atoms with Crippen LogP contribution in [0.2, 0.25) is 0 Å². The molecule has 0 atom stereocenters. The van der Waals surface area contributed by atoms with Gasteiger partial charge in [-0.2, -0.15) is 0 Å². The second kappa shape index (κ2) is 7.27. The van der Waals surface area contributed by atoms with Gasteiger partial charge >= 0.3 is 0 Å². The summed E-state index contributed by atoms with van der Waals surface area (Å²) in [5.74, 6) is 0.0866. The maximum atomic E-state index is 12.3. The van der Waals surface area contributed by atoms with Gasteiger partial charge in [-0.3, -0.25) is 4.79 Å². The first-order valence-corrected chi connectivity index (χ1v) is 8.32. The van der Waals surface area contributed by atoms with Gasteiger partial charge in [0.1, 0.15) is 0 Å². The summed E-state index contributed by atoms with van der Waals surface area (Å²) in [6.45, 7) is 2.07. The van der Waals surface area contributed by atoms with Gasteiger partial charge < -0.3 is 5.32 Å². The lowest BCUT2D eigenvalue weighted by atomic mass is 9.96. The molecular weight excluding hydrogens is 349 g/mol. The molecule has 1 aromatic rings. The molecule has 0 bridgehead atoms. The smallest absolute Gasteiger partial charge is 0.251 e. The van der Waals surface area contributed by atoms with Crippen LogP contribution in [0.4, 0.5) is 0 Å². The summed E-state index contributed by atoms with van der Waals surface area (Å²) in [5.41, 5.74) is 2.01. The Morgan fingerprint density at radius 3 is 2.42 bits per heavy atom. The summed E-state index contributed by atoms with van der Waals surface area (Å²) >= 11 is 2.29. The van der Waals surface area contributed by atoms with Crippen LogP contribution in [-0.4, -0.2) is 11.9 Å². The largest absolute Gasteiger partial charge is 0.349 e. The number of hydrogen-bond acceptors (Lipinski definition) is 1. The Hall–Kier alpha value is -0.580. The lowest BCUT2D eigenvalue weighted by Crippen LogP contribution is -2.35. The first-order valence-electron chi connectivity index (χ1n) is 7.24. The van der Waals surface area contributed by atoms with E-state index in [0.29, 0.717) is 6.04 Å². The summed E-state index contributed by atoms with van der Waals surface area (Å²) in [6.07, 6.45) is 8.75. The zero-order chi connectivity index (χ0) is 13.7. The van der Waals surface area contributed by atoms with E-state index in [1.807, 2.05) is 18.2 Å². The molecule has 3 heteroatoms. The Bertz CT molecular complexity index is 436. The summed E-state index contributed by atoms with van der Waals surface area (Å²) in [7, 11) is 0. The molecule has 0 unspecified atom stereocenters. The molecule has 0 radical (unpaired) electrons. The minimum absolute atomic E-state index is 0.0866. The van der Waals surface area contributed by atoms with Crippen LogP contribution in [-0.2, 0) is 0 Å². The van der Waals surface area contributed by atoms with Gasteiger partial charge in [0.2, 0.25) is 0 Å². The fourth-order valence-electron chi connectivity index (χ4n) is 2.60. The molecule has 104 valence electrons. The standard InChI is InChI=1S/C16H22INO/c1-12-9-10-13(11-15(12)17)16(19)18-14-7-5-3-2-4-6-8-14/h9-11,14H,2-8H2,1H3,(H,18,19). The fourth-order valence-corrected chi connectivity index (χ4v) is 3.12. The average Bonchev–Trinajstić information content (AvgIpc) is 2.35. The van der Waals surface area contributed by atoms with Crippen molar-refractivity contribution < 1.29 is 4.79 Å². The van der Waals surface area contributed by atoms with E-state index in [2.05, 4.69) is 34.8 Å². The number of halogens is 1. The van der Waals surface area contributed by atoms with Crippen LogP contribution in [0, 0.1) is 10.5 Å². The Kier molecular flexibility index (Phi) is 5.67. The molecule has 0 saturated heterocycles. The summed E-state index contributed by atoms with van der Waals surface area (Å²) < 4.78 is 1.16. The van der Waals surface area contributed by atoms with Crippen LogP contribution in [0.15, 0.2) is 18.2 Å². The van der Waals surface area contributed by atoms with Crippen LogP contribution >= 0.6 is 22.6 Å². The van der Waals surface area contributed by atoms with Crippen molar-refractivity contribution >= 4 is 28.5 Å². The Labute approximate surface area is 129 Å². The monoisotopic (exact) mass is 371 g/mol. The maximum Gasteiger partial charge on any atom is 0.251 e. The first-order chi connectivity index (χ1) is 9.16. The molecule has 2 nitrogen and oxygen atoms in total. The van der Waals surface area contributed by atoms with Crippen molar-refractivity contribution in [1.82, 2.24) is 5.32 Å². The molecule has 19 heavy (non-hydrogen) atoms. The van der Waals surface area contributed by atoms with Gasteiger partial charge in [-0.25, -0.2) is 0 Å². The van der Waals surface area contributed by atoms with Crippen molar-refractivity contribution in [2.75, 3.05) is 0 Å². The van der Waals surface area contributed by atoms with Crippen molar-refractivity contribution in [3.05, 3.63) is 32.9 Å². The quantitative estimate of drug-likeness (QED) is 0.765. The van der Waals surface area contributed by atoms with E-state index in [-0.39, 0.29) is 5.91 Å². The minimum atomic E-state index is 0.0866. The third-order valence-electron chi connectivity index (χ3n) is 3.87. The molecule has 0 aliphatic heterocycles. The highest BCUT2D eigenvalue weighted by Crippen LogP contribution is 2.18. The third-order valence-corrected chi connectivity index (χ3v) is 5.04. The number of carbonyl (C=O) groups is 1. The molecule has 0 heterocycles. The van der Waals surface area contributed by atoms with Gasteiger partial charge in [0, 0.05) is 15.2 Å². The number of aryl methyl sites for hydroxylation is 1. The van der Waals surface area contributed by atoms with Gasteiger partial charge in [0.25, 0.3) is 5.91 Å². The van der Waals surface area contributed by atoms with E-state index in [4.69, 9.17) is 0 Å². The molecule has 1 fully saturated rings. The van der Waals surface area contributed by atoms with Crippen molar-refractivity contribution in [3.8, 4) is 0 Å². The fraction of sp³-hybridized carbons (Fsp3) is 0.562. The van der Waals surface area contributed by atoms with Crippen LogP contribution in [0.25, 0.3) is 0 Å². The second-order valence-corrected chi connectivity index (χ2v) is 6.64. The van der Waals surface area contributed by atoms with Crippen molar-refractivity contribution in [2.24, 2.45) is 0 Å². The summed E-state index contributed by atoms with van der Waals surface area (Å²) in [4.78, 5) is 12.3. The van der Waals surface area contributed by atoms with E-state index >= 15 is 0 Å². The number of amides is 1. The van der Waals surface area contributed by atoms with E-state index in [1.54, 1.807) is 0 Å². The predicted octanol–water partition coefficient (Wildman–Crippen LogP) is 4.44. The molecular formula is C16H22INO. The van der Waals surface area contributed by atoms with Crippen LogP contribution in [0.3, 0.4) is 0 Å². The third kappa shape index (κ3) is 4.48. The summed E-state index contributed by atoms with van der Waals surface area (Å²) in [5, 5.41) is 3.21. The highest BCUT2D eigenvalue weighted by molar-refractivity contribution is 14.1. The van der Waals surface area contributed by atoms with E-state index in [9.17, 15) is 4.79 Å². The molecule has 1 aliphatic rings. The highest BCUT2D eigenvalue weighted by atomic mass is 127. The van der Waals surface area contributed by atoms with E-state index in [0.717, 1.165) is 22.0 Å². The van der Waals surface area contributed by atoms with Gasteiger partial charge in [-0.15, -0.1) is 0 Å². The number of carbonyl (C=O) groups excluding carboxylic acids is 1. The normalized spacial score (nSPS) is 17.6. The molecule has 2 rings (SSSR count). The Balaban J connectivity index is 1.96. The lowest BCUT2D eigenvalue weighted by Gasteiger charge is -2.21. The van der Waals surface area contributed by atoms with Gasteiger partial charge in [-0.05, 0) is 60.1 Å². The average molecular weight is 371 g/mol. The molecule has 0 aromatic heterocycles. The predicted molar refractivity (Wildman–Crippen MR) is 87.5 cm³/mol. The first kappa shape index (κ1) is 14.8. The minimum Gasteiger partial charge on any atom is -0.349 e. The van der Waals surface area contributed by atoms with Gasteiger partial charge in [-0.1, -0.05) is 38.2 Å². The molecule has 1 aromatic carbocycles. The van der Waals surface area contributed by atoms with Crippen LogP contribution in [0.5, 0.6) is 0 Å². The second-order valence-electron chi connectivity index (χ2n) is 5.48. The SMILES string of the molecule is Cc1ccc(C(=O)NC2CCCCCCC2)cc1I. The van der Waals surface area contributed by atoms with Crippen LogP contribution in [0.1, 0.15) is 60.9 Å². The van der Waals surface area contributed by atoms with Gasteiger partial charge in [0.15, 0.2) is 0 Å². The van der Waals surface area contributed by atoms with Gasteiger partial charge in [0.05, 0.1) is 0 Å². The Morgan fingerprint density at radius 2 is 1.79 bits per heavy atom. The Morgan fingerprint density at radius 1 is 1.16 bits per heavy atom. The number of nitrogens with one attached hydrogen (secondary N) is 1. The molecule has 1 amide bonds. The van der Waals surface area contributed by atoms with Crippen molar-refractivity contribution in [1.29, 1.82) is 0 Å². The molecule has 0 spiro atoms. The van der Waals surface area contributed by atoms with Crippen LogP contribution < -0.4 is 5.32 Å². The lowest BCUT2D eigenvalue weighted by molar-refractivity contribution is 0.0930. The van der Waals surface area contributed by atoms with E-state index < -0.39 is 0 Å². The topological polar surface area (TPSA) is 29.1 Å². The van der Waals surface area contributed by atoms with E-state index in [1.165, 1.54) is 37.7 Å². The zero-order valence-corrected chi connectivity index (χ0v) is 13.7. The van der Waals surface area contributed by atoms with Crippen molar-refractivity contribution in [2.45, 2.75) is 57.9 Å². The zero-order valence-electron chi connectivity index (χ0n) is 11.5. The summed E-state index contributed by atoms with van der Waals surface area (Å²) in [6, 6.07) is 6.30. The maximum absolute atomic E-state index is 12.3. The number of hydrogen-bond donors (Lipinski definition) is 1. The molecule has 1 saturated carbocycles. The highest BCUT2D eigenvalue weighted by Gasteiger charge is 2.15. The number of rotatable bonds is 2. The number of benzene rings is 1. The van der Waals surface area contributed by atoms with Crippen molar-refractivity contribution in [3.63, 3.8) is 0 Å². The molecule has 1 aliphatic carbocycles. The molecule has 1 N–H and O–H groups in total.